The van der Waals surface area contributed by atoms with E-state index in [1.165, 1.54) is 51.3 Å². The van der Waals surface area contributed by atoms with Gasteiger partial charge in [-0.3, -0.25) is 33.8 Å². The maximum Gasteiger partial charge on any atom is 0.501 e. The molecule has 2 bridgehead atoms. The molecule has 5 atom stereocenters. The maximum absolute atomic E-state index is 14.8. The number of aliphatic hydroxyl groups is 1. The van der Waals surface area contributed by atoms with Gasteiger partial charge in [0.15, 0.2) is 0 Å². The fraction of sp³-hybridized carbons (Fsp3) is 0.537. The van der Waals surface area contributed by atoms with Crippen LogP contribution in [0.2, 0.25) is 0 Å². The number of aryl methyl sites for hydroxylation is 2. The van der Waals surface area contributed by atoms with Crippen molar-refractivity contribution in [2.24, 2.45) is 27.9 Å². The Labute approximate surface area is 654 Å². The summed E-state index contributed by atoms with van der Waals surface area (Å²) in [5.74, 6) is -4.60. The molecule has 2 aromatic heterocycles. The number of alkyl halides is 5. The van der Waals surface area contributed by atoms with Crippen LogP contribution >= 0.6 is 23.1 Å². The first-order valence-corrected chi connectivity index (χ1v) is 43.0. The minimum Gasteiger partial charge on any atom is -0.391 e. The molecule has 4 aliphatic carbocycles. The number of β-amino-alcohol motifs (C(OH)–C–C–N with tert-alkyl or cyclic N) is 1. The van der Waals surface area contributed by atoms with Crippen molar-refractivity contribution in [3.63, 3.8) is 0 Å². The minimum absolute atomic E-state index is 0.0663. The molecule has 5 amide bonds. The van der Waals surface area contributed by atoms with Crippen molar-refractivity contribution >= 4 is 83.9 Å². The van der Waals surface area contributed by atoms with Crippen LogP contribution in [0.3, 0.4) is 0 Å². The van der Waals surface area contributed by atoms with Gasteiger partial charge in [-0.15, -0.1) is 23.1 Å². The van der Waals surface area contributed by atoms with Crippen LogP contribution in [0.15, 0.2) is 139 Å². The number of carbonyl (C=O) groups is 5. The lowest BCUT2D eigenvalue weighted by Crippen LogP contribution is -2.66. The average molecular weight is 1620 g/mol. The third-order valence-corrected chi connectivity index (χ3v) is 28.5. The van der Waals surface area contributed by atoms with Crippen LogP contribution in [-0.4, -0.2) is 195 Å². The average Bonchev–Trinajstić information content (AvgIpc) is 1.27. The predicted molar refractivity (Wildman–Crippen MR) is 415 cm³/mol. The standard InChI is InChI=1S/C80H100F5N11O11S4/c1-51(2)70(66-39-52(3)90-107-66)73(101)96-45-60(97)42-79(96,75(86)102)63(54-16-18-55(19-17-54)71-53(4)88-50-109-71)41-68(98)87-29-12-8-11-15-69(99)95-37-31-92(32-38-95)30-27-58(46-108-61-13-9-7-10-14-61)89-65-25-24-62(40-67(65)110(103,104)80(83,84)85)111(105,106)91-72(100)56-20-22-59(23-21-56)94-35-33-93(34-36-94)44-57-26-28-76(5,6)43-64(57)77-47-78(48-77,49-77)74(81)82/h7,9-10,13-14,16-25,39-40,50-51,58,60,63,70,74,89,97H,8,11-12,15,26-38,41-49H2,1-6H3,(H2,86,102)(H,87,98)(H,91,100)/t58-,60?,63+,70+,77?,78?,79?/m1/s1. The quantitative estimate of drug-likeness (QED) is 0.0113. The normalized spacial score (nSPS) is 22.6. The minimum atomic E-state index is -6.21. The van der Waals surface area contributed by atoms with Gasteiger partial charge in [0.2, 0.25) is 30.1 Å². The lowest BCUT2D eigenvalue weighted by atomic mass is 9.32. The molecule has 3 saturated heterocycles. The number of hydrogen-bond donors (Lipinski definition) is 5. The Morgan fingerprint density at radius 1 is 0.838 bits per heavy atom. The van der Waals surface area contributed by atoms with E-state index in [0.717, 1.165) is 77.7 Å². The molecule has 3 aliphatic heterocycles. The Kier molecular flexibility index (Phi) is 25.1. The summed E-state index contributed by atoms with van der Waals surface area (Å²) in [6.07, 6.45) is 2.87. The molecule has 111 heavy (non-hydrogen) atoms. The van der Waals surface area contributed by atoms with Gasteiger partial charge in [0, 0.05) is 143 Å². The zero-order valence-electron chi connectivity index (χ0n) is 63.5. The lowest BCUT2D eigenvalue weighted by Gasteiger charge is -2.72. The lowest BCUT2D eigenvalue weighted by molar-refractivity contribution is -0.250. The summed E-state index contributed by atoms with van der Waals surface area (Å²) < 4.78 is 134. The highest BCUT2D eigenvalue weighted by atomic mass is 32.2. The van der Waals surface area contributed by atoms with E-state index in [1.54, 1.807) is 35.5 Å². The fourth-order valence-electron chi connectivity index (χ4n) is 17.4. The summed E-state index contributed by atoms with van der Waals surface area (Å²) >= 11 is 2.85. The third-order valence-electron chi connectivity index (χ3n) is 23.5. The van der Waals surface area contributed by atoms with Gasteiger partial charge in [-0.2, -0.15) is 13.2 Å². The number of rotatable bonds is 32. The molecule has 13 rings (SSSR count). The number of amides is 5. The Morgan fingerprint density at radius 3 is 2.14 bits per heavy atom. The van der Waals surface area contributed by atoms with Crippen LogP contribution in [0.4, 0.5) is 33.3 Å². The number of sulfonamides is 1. The van der Waals surface area contributed by atoms with Gasteiger partial charge in [-0.25, -0.2) is 35.3 Å². The van der Waals surface area contributed by atoms with E-state index >= 15 is 0 Å². The van der Waals surface area contributed by atoms with Gasteiger partial charge in [-0.05, 0) is 154 Å². The van der Waals surface area contributed by atoms with Crippen LogP contribution in [0.1, 0.15) is 156 Å². The van der Waals surface area contributed by atoms with E-state index in [4.69, 9.17) is 10.3 Å². The molecule has 3 saturated carbocycles. The largest absolute Gasteiger partial charge is 0.501 e. The highest BCUT2D eigenvalue weighted by molar-refractivity contribution is 7.99. The number of aromatic nitrogens is 2. The number of likely N-dealkylation sites (tertiary alicyclic amines) is 1. The van der Waals surface area contributed by atoms with E-state index in [0.29, 0.717) is 107 Å². The number of unbranched alkanes of at least 4 members (excludes halogenated alkanes) is 2. The molecule has 2 unspecified atom stereocenters. The number of primary amides is 1. The number of anilines is 2. The number of allylic oxidation sites excluding steroid dienone is 1. The summed E-state index contributed by atoms with van der Waals surface area (Å²) in [6, 6.07) is 26.0. The highest BCUT2D eigenvalue weighted by Crippen LogP contribution is 2.79. The van der Waals surface area contributed by atoms with Crippen LogP contribution in [0.5, 0.6) is 0 Å². The molecule has 31 heteroatoms. The molecule has 600 valence electrons. The summed E-state index contributed by atoms with van der Waals surface area (Å²) in [7, 11) is -11.2. The number of nitrogens with two attached hydrogens (primary N) is 1. The number of piperazine rings is 2. The summed E-state index contributed by atoms with van der Waals surface area (Å²) in [6.45, 7) is 17.5. The first-order chi connectivity index (χ1) is 52.6. The van der Waals surface area contributed by atoms with Crippen molar-refractivity contribution in [1.82, 2.24) is 39.8 Å². The number of aliphatic hydroxyl groups excluding tert-OH is 1. The molecule has 5 heterocycles. The number of nitrogens with zero attached hydrogens (tertiary/aromatic N) is 7. The Balaban J connectivity index is 0.629. The molecule has 6 aromatic rings. The first kappa shape index (κ1) is 82.6. The van der Waals surface area contributed by atoms with Crippen molar-refractivity contribution in [2.75, 3.05) is 94.5 Å². The van der Waals surface area contributed by atoms with Crippen molar-refractivity contribution in [3.8, 4) is 10.4 Å². The number of nitrogens with one attached hydrogen (secondary N) is 3. The maximum atomic E-state index is 14.8. The smallest absolute Gasteiger partial charge is 0.391 e. The van der Waals surface area contributed by atoms with Crippen LogP contribution in [0, 0.1) is 36.0 Å². The number of halogens is 5. The summed E-state index contributed by atoms with van der Waals surface area (Å²) in [4.78, 5) is 84.1. The predicted octanol–water partition coefficient (Wildman–Crippen LogP) is 12.1. The Morgan fingerprint density at radius 2 is 1.52 bits per heavy atom. The topological polar surface area (TPSA) is 291 Å². The van der Waals surface area contributed by atoms with Crippen molar-refractivity contribution < 1.29 is 72.4 Å². The number of thiazole rings is 1. The van der Waals surface area contributed by atoms with Gasteiger partial charge in [0.1, 0.15) is 22.1 Å². The summed E-state index contributed by atoms with van der Waals surface area (Å²) in [5, 5.41) is 21.4. The molecular formula is C80H100F5N11O11S4. The molecule has 0 radical (unpaired) electrons. The van der Waals surface area contributed by atoms with Gasteiger partial charge in [0.25, 0.3) is 25.8 Å². The number of sulfone groups is 1. The van der Waals surface area contributed by atoms with Gasteiger partial charge >= 0.3 is 5.51 Å². The number of benzene rings is 4. The number of hydrogen-bond acceptors (Lipinski definition) is 19. The summed E-state index contributed by atoms with van der Waals surface area (Å²) in [5.41, 5.74) is 5.49. The van der Waals surface area contributed by atoms with Crippen LogP contribution < -0.4 is 26.0 Å². The van der Waals surface area contributed by atoms with E-state index < -0.39 is 106 Å². The fourth-order valence-corrected chi connectivity index (χ4v) is 21.2. The second-order valence-corrected chi connectivity index (χ2v) is 37.8. The van der Waals surface area contributed by atoms with Gasteiger partial charge in [0.05, 0.1) is 38.5 Å². The molecule has 22 nitrogen and oxygen atoms in total. The molecule has 7 aliphatic rings. The second kappa shape index (κ2) is 33.7. The van der Waals surface area contributed by atoms with E-state index in [1.807, 2.05) is 80.1 Å². The molecule has 6 N–H and O–H groups in total. The number of carbonyl (C=O) groups excluding carboxylic acids is 5. The Hall–Kier alpha value is -7.81. The van der Waals surface area contributed by atoms with Crippen molar-refractivity contribution in [2.45, 2.75) is 181 Å². The second-order valence-electron chi connectivity index (χ2n) is 32.2. The monoisotopic (exact) mass is 1610 g/mol. The van der Waals surface area contributed by atoms with E-state index in [9.17, 15) is 67.9 Å². The third kappa shape index (κ3) is 18.2. The zero-order valence-corrected chi connectivity index (χ0v) is 66.8. The molecule has 0 spiro atoms. The molecular weight excluding hydrogens is 1510 g/mol. The van der Waals surface area contributed by atoms with Gasteiger partial charge in [-0.1, -0.05) is 92.9 Å². The van der Waals surface area contributed by atoms with E-state index in [2.05, 4.69) is 49.3 Å². The van der Waals surface area contributed by atoms with Crippen molar-refractivity contribution in [3.05, 3.63) is 148 Å². The number of thioether (sulfide) groups is 1. The highest BCUT2D eigenvalue weighted by Gasteiger charge is 2.73. The van der Waals surface area contributed by atoms with E-state index in [-0.39, 0.29) is 72.7 Å². The zero-order chi connectivity index (χ0) is 79.6. The first-order valence-electron chi connectivity index (χ1n) is 38.1. The van der Waals surface area contributed by atoms with Gasteiger partial charge < -0.3 is 40.7 Å². The van der Waals surface area contributed by atoms with Crippen LogP contribution in [-0.2, 0) is 39.0 Å². The Bertz CT molecular complexity index is 4600. The molecule has 4 aromatic carbocycles. The van der Waals surface area contributed by atoms with Crippen LogP contribution in [0.25, 0.3) is 10.4 Å². The van der Waals surface area contributed by atoms with Crippen molar-refractivity contribution in [1.29, 1.82) is 0 Å². The molecule has 6 fully saturated rings. The SMILES string of the molecule is Cc1cc([C@@H](C(=O)N2CC(O)CC2(C(N)=O)[C@@H](CC(=O)NCCCCCC(=O)N2CCN(CC[C@H](CSc3ccccc3)Nc3ccc(S(=O)(=O)NC(=O)c4ccc(N5CCN(CC6=C(C78CC(C(F)F)(C7)C8)CC(C)(C)CC6)CC5)cc4)cc3S(=O)(=O)C(F)(F)F)CC2)c2ccc(-c3scnc3C)cc2)C(C)C)on1.